The quantitative estimate of drug-likeness (QED) is 0.494. The van der Waals surface area contributed by atoms with E-state index >= 15 is 0 Å². The van der Waals surface area contributed by atoms with E-state index < -0.39 is 0 Å². The fourth-order valence-corrected chi connectivity index (χ4v) is 1.91. The maximum atomic E-state index is 5.33. The lowest BCUT2D eigenvalue weighted by Gasteiger charge is -2.03. The molecule has 0 aliphatic heterocycles. The Kier molecular flexibility index (Phi) is 4.40. The molecular weight excluding hydrogens is 264 g/mol. The highest BCUT2D eigenvalue weighted by atomic mass is 15.0. The van der Waals surface area contributed by atoms with E-state index in [2.05, 4.69) is 9.98 Å². The maximum Gasteiger partial charge on any atom is 0.191 e. The average Bonchev–Trinajstić information content (AvgIpc) is 2.42. The summed E-state index contributed by atoms with van der Waals surface area (Å²) in [5.74, 6) is 0.108. The van der Waals surface area contributed by atoms with Crippen molar-refractivity contribution in [3.8, 4) is 0 Å². The SMILES string of the molecule is NC(N)=Nc1ccc(Cc2ccc(N=C(N)N)cc2)cc1. The van der Waals surface area contributed by atoms with Crippen LogP contribution < -0.4 is 22.9 Å². The Morgan fingerprint density at radius 1 is 0.619 bits per heavy atom. The van der Waals surface area contributed by atoms with Crippen molar-refractivity contribution in [2.24, 2.45) is 32.9 Å². The van der Waals surface area contributed by atoms with E-state index in [-0.39, 0.29) is 11.9 Å². The zero-order valence-electron chi connectivity index (χ0n) is 11.5. The molecule has 6 nitrogen and oxygen atoms in total. The van der Waals surface area contributed by atoms with Crippen LogP contribution in [0.15, 0.2) is 58.5 Å². The van der Waals surface area contributed by atoms with Crippen LogP contribution in [-0.2, 0) is 6.42 Å². The summed E-state index contributed by atoms with van der Waals surface area (Å²) in [6.07, 6.45) is 0.810. The second-order valence-corrected chi connectivity index (χ2v) is 4.58. The van der Waals surface area contributed by atoms with Crippen LogP contribution in [0.1, 0.15) is 11.1 Å². The Morgan fingerprint density at radius 2 is 0.952 bits per heavy atom. The van der Waals surface area contributed by atoms with Gasteiger partial charge in [0, 0.05) is 0 Å². The summed E-state index contributed by atoms with van der Waals surface area (Å²) < 4.78 is 0. The first-order chi connectivity index (χ1) is 10.0. The van der Waals surface area contributed by atoms with Crippen molar-refractivity contribution >= 4 is 23.3 Å². The molecule has 0 aliphatic carbocycles. The molecule has 2 aromatic rings. The van der Waals surface area contributed by atoms with Gasteiger partial charge in [0.05, 0.1) is 11.4 Å². The molecule has 0 amide bonds. The van der Waals surface area contributed by atoms with E-state index in [1.165, 1.54) is 11.1 Å². The second-order valence-electron chi connectivity index (χ2n) is 4.58. The van der Waals surface area contributed by atoms with Crippen LogP contribution >= 0.6 is 0 Å². The minimum atomic E-state index is 0.0538. The molecule has 2 rings (SSSR count). The second kappa shape index (κ2) is 6.42. The van der Waals surface area contributed by atoms with E-state index in [1.807, 2.05) is 48.5 Å². The van der Waals surface area contributed by atoms with Gasteiger partial charge >= 0.3 is 0 Å². The van der Waals surface area contributed by atoms with Crippen molar-refractivity contribution < 1.29 is 0 Å². The molecule has 6 heteroatoms. The number of benzene rings is 2. The molecule has 0 unspecified atom stereocenters. The lowest BCUT2D eigenvalue weighted by atomic mass is 10.0. The summed E-state index contributed by atoms with van der Waals surface area (Å²) in [5, 5.41) is 0. The standard InChI is InChI=1S/C15H18N6/c16-14(17)20-12-5-1-10(2-6-12)9-11-3-7-13(8-4-11)21-15(18)19/h1-8H,9H2,(H4,16,17,20)(H4,18,19,21). The van der Waals surface area contributed by atoms with Gasteiger partial charge in [-0.05, 0) is 41.8 Å². The first-order valence-electron chi connectivity index (χ1n) is 6.40. The first-order valence-corrected chi connectivity index (χ1v) is 6.40. The third kappa shape index (κ3) is 4.54. The molecule has 0 fully saturated rings. The minimum Gasteiger partial charge on any atom is -0.370 e. The number of rotatable bonds is 4. The summed E-state index contributed by atoms with van der Waals surface area (Å²) in [6, 6.07) is 15.5. The molecule has 0 bridgehead atoms. The molecule has 0 heterocycles. The van der Waals surface area contributed by atoms with Crippen molar-refractivity contribution in [2.45, 2.75) is 6.42 Å². The van der Waals surface area contributed by atoms with Gasteiger partial charge in [-0.25, -0.2) is 9.98 Å². The van der Waals surface area contributed by atoms with E-state index in [0.29, 0.717) is 0 Å². The van der Waals surface area contributed by atoms with Gasteiger partial charge in [-0.1, -0.05) is 24.3 Å². The molecule has 0 spiro atoms. The number of nitrogens with zero attached hydrogens (tertiary/aromatic N) is 2. The van der Waals surface area contributed by atoms with Crippen molar-refractivity contribution in [1.29, 1.82) is 0 Å². The minimum absolute atomic E-state index is 0.0538. The van der Waals surface area contributed by atoms with Crippen LogP contribution in [0.5, 0.6) is 0 Å². The van der Waals surface area contributed by atoms with Gasteiger partial charge in [-0.2, -0.15) is 0 Å². The largest absolute Gasteiger partial charge is 0.370 e. The highest BCUT2D eigenvalue weighted by molar-refractivity contribution is 5.79. The molecule has 2 aromatic carbocycles. The average molecular weight is 282 g/mol. The lowest BCUT2D eigenvalue weighted by Crippen LogP contribution is -2.21. The number of nitrogens with two attached hydrogens (primary N) is 4. The number of hydrogen-bond donors (Lipinski definition) is 4. The Bertz CT molecular complexity index is 588. The highest BCUT2D eigenvalue weighted by Gasteiger charge is 1.98. The number of guanidine groups is 2. The van der Waals surface area contributed by atoms with Crippen LogP contribution in [-0.4, -0.2) is 11.9 Å². The van der Waals surface area contributed by atoms with E-state index in [1.54, 1.807) is 0 Å². The zero-order chi connectivity index (χ0) is 15.2. The molecule has 0 aliphatic rings. The fraction of sp³-hybridized carbons (Fsp3) is 0.0667. The van der Waals surface area contributed by atoms with Crippen LogP contribution in [0.25, 0.3) is 0 Å². The molecule has 21 heavy (non-hydrogen) atoms. The van der Waals surface area contributed by atoms with Crippen molar-refractivity contribution in [2.75, 3.05) is 0 Å². The van der Waals surface area contributed by atoms with Crippen molar-refractivity contribution in [3.63, 3.8) is 0 Å². The monoisotopic (exact) mass is 282 g/mol. The van der Waals surface area contributed by atoms with E-state index in [4.69, 9.17) is 22.9 Å². The van der Waals surface area contributed by atoms with Gasteiger partial charge in [-0.15, -0.1) is 0 Å². The van der Waals surface area contributed by atoms with E-state index in [9.17, 15) is 0 Å². The zero-order valence-corrected chi connectivity index (χ0v) is 11.5. The van der Waals surface area contributed by atoms with Crippen molar-refractivity contribution in [3.05, 3.63) is 59.7 Å². The summed E-state index contributed by atoms with van der Waals surface area (Å²) in [7, 11) is 0. The fourth-order valence-electron chi connectivity index (χ4n) is 1.91. The third-order valence-electron chi connectivity index (χ3n) is 2.80. The summed E-state index contributed by atoms with van der Waals surface area (Å²) in [4.78, 5) is 7.96. The molecule has 108 valence electrons. The predicted molar refractivity (Wildman–Crippen MR) is 86.6 cm³/mol. The molecule has 0 saturated carbocycles. The van der Waals surface area contributed by atoms with Crippen molar-refractivity contribution in [1.82, 2.24) is 0 Å². The first kappa shape index (κ1) is 14.4. The maximum absolute atomic E-state index is 5.33. The molecular formula is C15H18N6. The van der Waals surface area contributed by atoms with E-state index in [0.717, 1.165) is 17.8 Å². The molecule has 0 radical (unpaired) electrons. The summed E-state index contributed by atoms with van der Waals surface area (Å²) >= 11 is 0. The number of hydrogen-bond acceptors (Lipinski definition) is 2. The van der Waals surface area contributed by atoms with Crippen LogP contribution in [0.3, 0.4) is 0 Å². The molecule has 0 aromatic heterocycles. The lowest BCUT2D eigenvalue weighted by molar-refractivity contribution is 1.19. The third-order valence-corrected chi connectivity index (χ3v) is 2.80. The van der Waals surface area contributed by atoms with Gasteiger partial charge in [-0.3, -0.25) is 0 Å². The van der Waals surface area contributed by atoms with Crippen LogP contribution in [0.4, 0.5) is 11.4 Å². The van der Waals surface area contributed by atoms with Gasteiger partial charge < -0.3 is 22.9 Å². The topological polar surface area (TPSA) is 129 Å². The van der Waals surface area contributed by atoms with Crippen LogP contribution in [0.2, 0.25) is 0 Å². The number of aliphatic imine (C=N–C) groups is 2. The van der Waals surface area contributed by atoms with Gasteiger partial charge in [0.15, 0.2) is 11.9 Å². The Labute approximate surface area is 123 Å². The van der Waals surface area contributed by atoms with Gasteiger partial charge in [0.2, 0.25) is 0 Å². The highest BCUT2D eigenvalue weighted by Crippen LogP contribution is 2.18. The van der Waals surface area contributed by atoms with Crippen LogP contribution in [0, 0.1) is 0 Å². The predicted octanol–water partition coefficient (Wildman–Crippen LogP) is 1.09. The Balaban J connectivity index is 2.08. The Morgan fingerprint density at radius 3 is 1.24 bits per heavy atom. The summed E-state index contributed by atoms with van der Waals surface area (Å²) in [6.45, 7) is 0. The molecule has 0 saturated heterocycles. The normalized spacial score (nSPS) is 9.90. The molecule has 8 N–H and O–H groups in total. The Hall–Kier alpha value is -3.02. The summed E-state index contributed by atoms with van der Waals surface area (Å²) in [5.41, 5.74) is 25.1. The molecule has 0 atom stereocenters. The smallest absolute Gasteiger partial charge is 0.191 e. The van der Waals surface area contributed by atoms with Gasteiger partial charge in [0.25, 0.3) is 0 Å². The van der Waals surface area contributed by atoms with Gasteiger partial charge in [0.1, 0.15) is 0 Å².